The van der Waals surface area contributed by atoms with Crippen molar-refractivity contribution >= 4 is 34.5 Å². The van der Waals surface area contributed by atoms with Gasteiger partial charge in [-0.1, -0.05) is 11.2 Å². The van der Waals surface area contributed by atoms with Crippen molar-refractivity contribution in [2.75, 3.05) is 16.8 Å². The van der Waals surface area contributed by atoms with Crippen LogP contribution in [0.4, 0.5) is 11.4 Å². The van der Waals surface area contributed by atoms with Gasteiger partial charge in [0.1, 0.15) is 0 Å². The number of anilines is 2. The van der Waals surface area contributed by atoms with E-state index in [1.807, 2.05) is 29.6 Å². The Labute approximate surface area is 160 Å². The molecule has 3 aromatic rings. The van der Waals surface area contributed by atoms with Crippen molar-refractivity contribution in [3.8, 4) is 10.7 Å². The highest BCUT2D eigenvalue weighted by atomic mass is 32.1. The minimum atomic E-state index is -0.129. The second kappa shape index (κ2) is 7.71. The number of hydrogen-bond donors (Lipinski definition) is 1. The molecule has 27 heavy (non-hydrogen) atoms. The largest absolute Gasteiger partial charge is 0.339 e. The molecule has 0 bridgehead atoms. The Morgan fingerprint density at radius 3 is 2.81 bits per heavy atom. The molecule has 0 atom stereocenters. The predicted molar refractivity (Wildman–Crippen MR) is 103 cm³/mol. The Morgan fingerprint density at radius 1 is 1.26 bits per heavy atom. The van der Waals surface area contributed by atoms with Crippen molar-refractivity contribution < 1.29 is 14.1 Å². The average molecular weight is 382 g/mol. The quantitative estimate of drug-likeness (QED) is 0.705. The monoisotopic (exact) mass is 382 g/mol. The number of aromatic nitrogens is 2. The van der Waals surface area contributed by atoms with E-state index < -0.39 is 0 Å². The number of nitrogens with one attached hydrogen (secondary N) is 1. The van der Waals surface area contributed by atoms with E-state index in [0.29, 0.717) is 30.2 Å². The summed E-state index contributed by atoms with van der Waals surface area (Å²) in [5.41, 5.74) is 1.56. The number of hydrogen-bond acceptors (Lipinski definition) is 6. The normalized spacial score (nSPS) is 13.9. The van der Waals surface area contributed by atoms with E-state index in [4.69, 9.17) is 4.52 Å². The van der Waals surface area contributed by atoms with Gasteiger partial charge < -0.3 is 14.7 Å². The first-order chi connectivity index (χ1) is 13.2. The molecule has 0 aliphatic carbocycles. The van der Waals surface area contributed by atoms with Crippen LogP contribution >= 0.6 is 11.3 Å². The number of carbonyl (C=O) groups is 2. The van der Waals surface area contributed by atoms with Gasteiger partial charge >= 0.3 is 0 Å². The van der Waals surface area contributed by atoms with Crippen LogP contribution in [0, 0.1) is 0 Å². The second-order valence-corrected chi connectivity index (χ2v) is 7.18. The lowest BCUT2D eigenvalue weighted by molar-refractivity contribution is -0.117. The Balaban J connectivity index is 1.30. The molecule has 7 nitrogen and oxygen atoms in total. The van der Waals surface area contributed by atoms with Crippen molar-refractivity contribution in [2.45, 2.75) is 25.7 Å². The standard InChI is InChI=1S/C19H18N4O3S/c24-16(9-10-17-21-19(22-26-17)15-3-2-12-27-15)20-13-5-7-14(8-6-13)23-11-1-4-18(23)25/h2-3,5-8,12H,1,4,9-11H2,(H,20,24). The van der Waals surface area contributed by atoms with E-state index in [0.717, 1.165) is 23.5 Å². The van der Waals surface area contributed by atoms with E-state index in [-0.39, 0.29) is 18.2 Å². The van der Waals surface area contributed by atoms with E-state index in [1.54, 1.807) is 17.0 Å². The molecule has 0 spiro atoms. The Bertz CT molecular complexity index is 934. The highest BCUT2D eigenvalue weighted by Gasteiger charge is 2.21. The van der Waals surface area contributed by atoms with Gasteiger partial charge in [0, 0.05) is 37.2 Å². The molecule has 0 radical (unpaired) electrons. The summed E-state index contributed by atoms with van der Waals surface area (Å²) in [7, 11) is 0. The van der Waals surface area contributed by atoms with Crippen LogP contribution in [-0.2, 0) is 16.0 Å². The van der Waals surface area contributed by atoms with Crippen LogP contribution in [0.3, 0.4) is 0 Å². The maximum Gasteiger partial charge on any atom is 0.227 e. The molecule has 1 aliphatic heterocycles. The molecule has 1 aromatic carbocycles. The van der Waals surface area contributed by atoms with Crippen LogP contribution in [0.1, 0.15) is 25.2 Å². The number of benzene rings is 1. The van der Waals surface area contributed by atoms with Gasteiger partial charge in [-0.05, 0) is 42.1 Å². The minimum absolute atomic E-state index is 0.129. The molecule has 4 rings (SSSR count). The van der Waals surface area contributed by atoms with E-state index in [1.165, 1.54) is 11.3 Å². The van der Waals surface area contributed by atoms with Crippen molar-refractivity contribution in [3.05, 3.63) is 47.7 Å². The molecular weight excluding hydrogens is 364 g/mol. The smallest absolute Gasteiger partial charge is 0.227 e. The number of nitrogens with zero attached hydrogens (tertiary/aromatic N) is 3. The number of thiophene rings is 1. The zero-order valence-corrected chi connectivity index (χ0v) is 15.4. The Kier molecular flexibility index (Phi) is 4.97. The van der Waals surface area contributed by atoms with Gasteiger partial charge in [-0.3, -0.25) is 9.59 Å². The lowest BCUT2D eigenvalue weighted by Gasteiger charge is -2.16. The molecule has 1 aliphatic rings. The van der Waals surface area contributed by atoms with E-state index >= 15 is 0 Å². The SMILES string of the molecule is O=C(CCc1nc(-c2cccs2)no1)Nc1ccc(N2CCCC2=O)cc1. The van der Waals surface area contributed by atoms with Gasteiger partial charge in [0.15, 0.2) is 0 Å². The maximum absolute atomic E-state index is 12.2. The summed E-state index contributed by atoms with van der Waals surface area (Å²) in [6, 6.07) is 11.2. The second-order valence-electron chi connectivity index (χ2n) is 6.23. The van der Waals surface area contributed by atoms with Gasteiger partial charge in [-0.2, -0.15) is 4.98 Å². The fourth-order valence-corrected chi connectivity index (χ4v) is 3.60. The molecule has 1 fully saturated rings. The maximum atomic E-state index is 12.2. The molecule has 3 heterocycles. The zero-order valence-electron chi connectivity index (χ0n) is 14.6. The number of amides is 2. The lowest BCUT2D eigenvalue weighted by Crippen LogP contribution is -2.23. The van der Waals surface area contributed by atoms with E-state index in [2.05, 4.69) is 15.5 Å². The summed E-state index contributed by atoms with van der Waals surface area (Å²) in [6.45, 7) is 0.752. The third-order valence-corrected chi connectivity index (χ3v) is 5.18. The van der Waals surface area contributed by atoms with Crippen molar-refractivity contribution in [1.29, 1.82) is 0 Å². The molecular formula is C19H18N4O3S. The van der Waals surface area contributed by atoms with Gasteiger partial charge in [0.05, 0.1) is 4.88 Å². The van der Waals surface area contributed by atoms with Gasteiger partial charge in [0.2, 0.25) is 23.5 Å². The molecule has 138 valence electrons. The molecule has 1 N–H and O–H groups in total. The highest BCUT2D eigenvalue weighted by molar-refractivity contribution is 7.13. The van der Waals surface area contributed by atoms with E-state index in [9.17, 15) is 9.59 Å². The van der Waals surface area contributed by atoms with Crippen LogP contribution in [0.5, 0.6) is 0 Å². The number of aryl methyl sites for hydroxylation is 1. The Morgan fingerprint density at radius 2 is 2.11 bits per heavy atom. The first kappa shape index (κ1) is 17.4. The summed E-state index contributed by atoms with van der Waals surface area (Å²) < 4.78 is 5.20. The molecule has 0 unspecified atom stereocenters. The lowest BCUT2D eigenvalue weighted by atomic mass is 10.2. The summed E-state index contributed by atoms with van der Waals surface area (Å²) >= 11 is 1.54. The van der Waals surface area contributed by atoms with Crippen LogP contribution in [0.2, 0.25) is 0 Å². The van der Waals surface area contributed by atoms with Crippen molar-refractivity contribution in [2.24, 2.45) is 0 Å². The molecule has 8 heteroatoms. The van der Waals surface area contributed by atoms with Crippen LogP contribution in [0.15, 0.2) is 46.3 Å². The van der Waals surface area contributed by atoms with Crippen LogP contribution in [0.25, 0.3) is 10.7 Å². The van der Waals surface area contributed by atoms with Crippen LogP contribution in [-0.4, -0.2) is 28.5 Å². The molecule has 2 amide bonds. The average Bonchev–Trinajstić information content (AvgIpc) is 3.42. The highest BCUT2D eigenvalue weighted by Crippen LogP contribution is 2.23. The molecule has 2 aromatic heterocycles. The first-order valence-corrected chi connectivity index (χ1v) is 9.64. The predicted octanol–water partition coefficient (Wildman–Crippen LogP) is 3.50. The number of rotatable bonds is 6. The summed E-state index contributed by atoms with van der Waals surface area (Å²) in [5.74, 6) is 1.01. The summed E-state index contributed by atoms with van der Waals surface area (Å²) in [4.78, 5) is 30.9. The molecule has 1 saturated heterocycles. The molecule has 0 saturated carbocycles. The fourth-order valence-electron chi connectivity index (χ4n) is 2.95. The third-order valence-electron chi connectivity index (χ3n) is 4.31. The van der Waals surface area contributed by atoms with Gasteiger partial charge in [-0.15, -0.1) is 11.3 Å². The topological polar surface area (TPSA) is 88.3 Å². The van der Waals surface area contributed by atoms with Crippen LogP contribution < -0.4 is 10.2 Å². The third kappa shape index (κ3) is 4.06. The summed E-state index contributed by atoms with van der Waals surface area (Å²) in [5, 5.41) is 8.73. The van der Waals surface area contributed by atoms with Gasteiger partial charge in [0.25, 0.3) is 0 Å². The fraction of sp³-hybridized carbons (Fsp3) is 0.263. The van der Waals surface area contributed by atoms with Gasteiger partial charge in [-0.25, -0.2) is 0 Å². The van der Waals surface area contributed by atoms with Crippen molar-refractivity contribution in [1.82, 2.24) is 10.1 Å². The minimum Gasteiger partial charge on any atom is -0.339 e. The number of carbonyl (C=O) groups excluding carboxylic acids is 2. The zero-order chi connectivity index (χ0) is 18.6. The van der Waals surface area contributed by atoms with Crippen molar-refractivity contribution in [3.63, 3.8) is 0 Å². The Hall–Kier alpha value is -3.00. The summed E-state index contributed by atoms with van der Waals surface area (Å²) in [6.07, 6.45) is 2.12. The first-order valence-electron chi connectivity index (χ1n) is 8.76.